The second-order valence-electron chi connectivity index (χ2n) is 11.4. The Morgan fingerprint density at radius 3 is 1.38 bits per heavy atom. The molecule has 0 aromatic heterocycles. The van der Waals surface area contributed by atoms with Crippen molar-refractivity contribution in [3.63, 3.8) is 0 Å². The molecule has 2 fully saturated rings. The quantitative estimate of drug-likeness (QED) is 0.275. The van der Waals surface area contributed by atoms with E-state index < -0.39 is 22.4 Å². The van der Waals surface area contributed by atoms with E-state index in [1.54, 1.807) is 12.1 Å². The maximum Gasteiger partial charge on any atom is 0.316 e. The third-order valence-electron chi connectivity index (χ3n) is 7.05. The lowest BCUT2D eigenvalue weighted by atomic mass is 9.96. The Labute approximate surface area is 246 Å². The molecule has 0 saturated heterocycles. The molecule has 0 heterocycles. The summed E-state index contributed by atoms with van der Waals surface area (Å²) in [5.74, 6) is -0.289. The number of aliphatic carboxylic acids is 1. The normalized spacial score (nSPS) is 15.6. The highest BCUT2D eigenvalue weighted by molar-refractivity contribution is 5.87. The van der Waals surface area contributed by atoms with Crippen LogP contribution in [0.4, 0.5) is 0 Å². The third-order valence-corrected chi connectivity index (χ3v) is 7.05. The first-order chi connectivity index (χ1) is 19.8. The molecule has 10 heteroatoms. The second kappa shape index (κ2) is 13.7. The lowest BCUT2D eigenvalue weighted by Crippen LogP contribution is -2.24. The van der Waals surface area contributed by atoms with E-state index in [-0.39, 0.29) is 44.0 Å². The lowest BCUT2D eigenvalue weighted by Gasteiger charge is -2.19. The summed E-state index contributed by atoms with van der Waals surface area (Å²) in [7, 11) is 2.81. The fourth-order valence-electron chi connectivity index (χ4n) is 4.50. The van der Waals surface area contributed by atoms with Gasteiger partial charge in [0.25, 0.3) is 0 Å². The van der Waals surface area contributed by atoms with Crippen molar-refractivity contribution in [2.75, 3.05) is 27.4 Å². The number of carbonyl (C=O) groups is 4. The van der Waals surface area contributed by atoms with Crippen LogP contribution in [-0.4, -0.2) is 62.0 Å². The van der Waals surface area contributed by atoms with E-state index in [0.717, 1.165) is 36.8 Å². The minimum atomic E-state index is -0.890. The highest BCUT2D eigenvalue weighted by Crippen LogP contribution is 2.50. The molecule has 0 unspecified atom stereocenters. The van der Waals surface area contributed by atoms with Crippen molar-refractivity contribution in [3.8, 4) is 11.5 Å². The molecule has 0 atom stereocenters. The first kappa shape index (κ1) is 32.4. The third kappa shape index (κ3) is 8.71. The largest absolute Gasteiger partial charge is 0.493 e. The van der Waals surface area contributed by atoms with Gasteiger partial charge in [0.2, 0.25) is 0 Å². The van der Waals surface area contributed by atoms with Gasteiger partial charge in [-0.3, -0.25) is 19.2 Å². The molecule has 10 nitrogen and oxygen atoms in total. The Morgan fingerprint density at radius 1 is 0.690 bits per heavy atom. The van der Waals surface area contributed by atoms with Crippen LogP contribution in [0, 0.1) is 0 Å². The van der Waals surface area contributed by atoms with Crippen molar-refractivity contribution in [3.05, 3.63) is 59.7 Å². The highest BCUT2D eigenvalue weighted by Gasteiger charge is 2.53. The molecule has 2 aromatic rings. The molecular weight excluding hydrogens is 544 g/mol. The van der Waals surface area contributed by atoms with Crippen LogP contribution in [0.1, 0.15) is 70.4 Å². The van der Waals surface area contributed by atoms with Crippen LogP contribution < -0.4 is 9.47 Å². The Kier molecular flexibility index (Phi) is 10.6. The monoisotopic (exact) mass is 584 g/mol. The summed E-state index contributed by atoms with van der Waals surface area (Å²) in [6, 6.07) is 14.6. The first-order valence-electron chi connectivity index (χ1n) is 13.9. The predicted molar refractivity (Wildman–Crippen MR) is 152 cm³/mol. The molecule has 228 valence electrons. The van der Waals surface area contributed by atoms with Crippen molar-refractivity contribution < 1.29 is 48.0 Å². The molecule has 2 aliphatic carbocycles. The van der Waals surface area contributed by atoms with Gasteiger partial charge in [-0.1, -0.05) is 24.3 Å². The average Bonchev–Trinajstić information content (AvgIpc) is 3.87. The van der Waals surface area contributed by atoms with Gasteiger partial charge in [0.1, 0.15) is 17.1 Å². The molecule has 0 spiro atoms. The number of carbonyl (C=O) groups excluding carboxylic acids is 3. The summed E-state index contributed by atoms with van der Waals surface area (Å²) >= 11 is 0. The van der Waals surface area contributed by atoms with E-state index >= 15 is 0 Å². The Hall–Kier alpha value is -4.08. The standard InChI is InChI=1S/C18H24O5.C14H16O5/c1-17(2,3)23-15(19)9-12-22-14-7-5-13(6-8-14)18(10-11-18)16(20)21-4;1-18-13(17)14(7-8-14)10-2-4-11(5-3-10)19-9-6-12(15)16/h5-8H,9-12H2,1-4H3;2-5H,6-9H2,1H3,(H,15,16). The van der Waals surface area contributed by atoms with E-state index in [4.69, 9.17) is 28.8 Å². The summed E-state index contributed by atoms with van der Waals surface area (Å²) in [6.07, 6.45) is 3.41. The van der Waals surface area contributed by atoms with Gasteiger partial charge in [-0.25, -0.2) is 0 Å². The molecular formula is C32H40O10. The number of methoxy groups -OCH3 is 2. The second-order valence-corrected chi connectivity index (χ2v) is 11.4. The van der Waals surface area contributed by atoms with Crippen LogP contribution in [0.15, 0.2) is 48.5 Å². The molecule has 0 aliphatic heterocycles. The zero-order valence-corrected chi connectivity index (χ0v) is 24.9. The average molecular weight is 585 g/mol. The number of hydrogen-bond acceptors (Lipinski definition) is 9. The fourth-order valence-corrected chi connectivity index (χ4v) is 4.50. The summed E-state index contributed by atoms with van der Waals surface area (Å²) in [5, 5.41) is 8.51. The molecule has 42 heavy (non-hydrogen) atoms. The Morgan fingerprint density at radius 2 is 1.07 bits per heavy atom. The maximum absolute atomic E-state index is 11.8. The van der Waals surface area contributed by atoms with Gasteiger partial charge in [-0.2, -0.15) is 0 Å². The minimum absolute atomic E-state index is 0.0339. The van der Waals surface area contributed by atoms with Gasteiger partial charge in [0.15, 0.2) is 0 Å². The van der Waals surface area contributed by atoms with Crippen LogP contribution in [-0.2, 0) is 44.2 Å². The van der Waals surface area contributed by atoms with Crippen LogP contribution in [0.3, 0.4) is 0 Å². The topological polar surface area (TPSA) is 135 Å². The van der Waals surface area contributed by atoms with E-state index in [1.807, 2.05) is 57.2 Å². The van der Waals surface area contributed by atoms with Gasteiger partial charge in [-0.05, 0) is 81.8 Å². The molecule has 0 amide bonds. The smallest absolute Gasteiger partial charge is 0.316 e. The Bertz CT molecular complexity index is 1230. The molecule has 2 aromatic carbocycles. The van der Waals surface area contributed by atoms with Crippen molar-refractivity contribution in [2.24, 2.45) is 0 Å². The fraction of sp³-hybridized carbons (Fsp3) is 0.500. The van der Waals surface area contributed by atoms with E-state index in [9.17, 15) is 19.2 Å². The number of rotatable bonds is 12. The zero-order valence-electron chi connectivity index (χ0n) is 24.9. The van der Waals surface area contributed by atoms with Crippen molar-refractivity contribution >= 4 is 23.9 Å². The van der Waals surface area contributed by atoms with Crippen molar-refractivity contribution in [1.82, 2.24) is 0 Å². The maximum atomic E-state index is 11.8. The van der Waals surface area contributed by atoms with Gasteiger partial charge in [0.05, 0.1) is 51.1 Å². The first-order valence-corrected chi connectivity index (χ1v) is 13.9. The van der Waals surface area contributed by atoms with Gasteiger partial charge in [-0.15, -0.1) is 0 Å². The molecule has 0 bridgehead atoms. The zero-order chi connectivity index (χ0) is 31.0. The van der Waals surface area contributed by atoms with Gasteiger partial charge < -0.3 is 28.8 Å². The number of carboxylic acid groups (broad SMARTS) is 1. The molecule has 0 radical (unpaired) electrons. The molecule has 2 saturated carbocycles. The van der Waals surface area contributed by atoms with Crippen molar-refractivity contribution in [1.29, 1.82) is 0 Å². The van der Waals surface area contributed by atoms with E-state index in [1.165, 1.54) is 14.2 Å². The lowest BCUT2D eigenvalue weighted by molar-refractivity contribution is -0.155. The molecule has 1 N–H and O–H groups in total. The number of esters is 3. The number of carboxylic acids is 1. The molecule has 4 rings (SSSR count). The van der Waals surface area contributed by atoms with Gasteiger partial charge >= 0.3 is 23.9 Å². The highest BCUT2D eigenvalue weighted by atomic mass is 16.6. The SMILES string of the molecule is COC(=O)C1(c2ccc(OCCC(=O)O)cc2)CC1.COC(=O)C1(c2ccc(OCCC(=O)OC(C)(C)C)cc2)CC1. The number of hydrogen-bond donors (Lipinski definition) is 1. The van der Waals surface area contributed by atoms with E-state index in [2.05, 4.69) is 0 Å². The summed E-state index contributed by atoms with van der Waals surface area (Å²) in [6.45, 7) is 5.89. The molecule has 2 aliphatic rings. The summed E-state index contributed by atoms with van der Waals surface area (Å²) in [5.41, 5.74) is 0.442. The summed E-state index contributed by atoms with van der Waals surface area (Å²) < 4.78 is 25.7. The van der Waals surface area contributed by atoms with Crippen LogP contribution in [0.25, 0.3) is 0 Å². The Balaban J connectivity index is 0.000000235. The predicted octanol–water partition coefficient (Wildman–Crippen LogP) is 4.75. The van der Waals surface area contributed by atoms with Crippen LogP contribution >= 0.6 is 0 Å². The number of benzene rings is 2. The summed E-state index contributed by atoms with van der Waals surface area (Å²) in [4.78, 5) is 45.5. The van der Waals surface area contributed by atoms with E-state index in [0.29, 0.717) is 11.5 Å². The number of ether oxygens (including phenoxy) is 5. The van der Waals surface area contributed by atoms with Crippen LogP contribution in [0.5, 0.6) is 11.5 Å². The van der Waals surface area contributed by atoms with Gasteiger partial charge in [0, 0.05) is 0 Å². The van der Waals surface area contributed by atoms with Crippen molar-refractivity contribution in [2.45, 2.75) is 75.7 Å². The minimum Gasteiger partial charge on any atom is -0.493 e. The van der Waals surface area contributed by atoms with Crippen LogP contribution in [0.2, 0.25) is 0 Å².